The second-order valence-electron chi connectivity index (χ2n) is 10.7. The molecule has 1 fully saturated rings. The molecule has 42 heavy (non-hydrogen) atoms. The maximum atomic E-state index is 14.9. The fourth-order valence-electron chi connectivity index (χ4n) is 5.18. The van der Waals surface area contributed by atoms with Gasteiger partial charge in [0.2, 0.25) is 5.60 Å². The summed E-state index contributed by atoms with van der Waals surface area (Å²) in [6.45, 7) is 1.39. The van der Waals surface area contributed by atoms with E-state index >= 15 is 0 Å². The van der Waals surface area contributed by atoms with Gasteiger partial charge in [-0.3, -0.25) is 9.59 Å². The van der Waals surface area contributed by atoms with Gasteiger partial charge in [0.05, 0.1) is 16.2 Å². The molecule has 0 spiro atoms. The molecule has 0 radical (unpaired) electrons. The summed E-state index contributed by atoms with van der Waals surface area (Å²) in [6.07, 6.45) is -4.54. The summed E-state index contributed by atoms with van der Waals surface area (Å²) in [5.41, 5.74) is -3.62. The number of nitrogens with one attached hydrogen (secondary N) is 1. The van der Waals surface area contributed by atoms with Crippen molar-refractivity contribution in [2.24, 2.45) is 0 Å². The third-order valence-electron chi connectivity index (χ3n) is 7.69. The SMILES string of the molecule is CC(=O)c1ccc(C#CC(O)(CC2(c3cc(C(F)(F)F)ccc3F)CC2)C(=O)Nc2ccc3c(c2)CCS3(=O)=O)cc1. The number of hydrogen-bond acceptors (Lipinski definition) is 5. The fourth-order valence-corrected chi connectivity index (χ4v) is 6.72. The Balaban J connectivity index is 1.51. The van der Waals surface area contributed by atoms with Gasteiger partial charge in [0, 0.05) is 28.7 Å². The smallest absolute Gasteiger partial charge is 0.369 e. The number of aliphatic hydroxyl groups is 1. The van der Waals surface area contributed by atoms with Crippen molar-refractivity contribution in [1.29, 1.82) is 0 Å². The Morgan fingerprint density at radius 2 is 1.71 bits per heavy atom. The number of benzene rings is 3. The van der Waals surface area contributed by atoms with Crippen molar-refractivity contribution in [2.75, 3.05) is 11.1 Å². The first-order valence-corrected chi connectivity index (χ1v) is 14.7. The molecule has 3 aromatic rings. The Hall–Kier alpha value is -4.01. The van der Waals surface area contributed by atoms with Gasteiger partial charge in [0.15, 0.2) is 15.6 Å². The number of hydrogen-bond donors (Lipinski definition) is 2. The Morgan fingerprint density at radius 1 is 1.02 bits per heavy atom. The van der Waals surface area contributed by atoms with Crippen molar-refractivity contribution in [3.05, 3.63) is 94.3 Å². The molecular weight excluding hydrogens is 574 g/mol. The highest BCUT2D eigenvalue weighted by Crippen LogP contribution is 2.55. The van der Waals surface area contributed by atoms with E-state index in [2.05, 4.69) is 17.2 Å². The van der Waals surface area contributed by atoms with Gasteiger partial charge < -0.3 is 10.4 Å². The lowest BCUT2D eigenvalue weighted by Gasteiger charge is -2.28. The molecular formula is C31H25F4NO5S. The molecule has 1 saturated carbocycles. The van der Waals surface area contributed by atoms with Crippen LogP contribution in [0.25, 0.3) is 0 Å². The number of carbonyl (C=O) groups excluding carboxylic acids is 2. The number of anilines is 1. The minimum Gasteiger partial charge on any atom is -0.369 e. The van der Waals surface area contributed by atoms with Crippen LogP contribution in [0.3, 0.4) is 0 Å². The Morgan fingerprint density at radius 3 is 2.33 bits per heavy atom. The number of sulfone groups is 1. The zero-order valence-electron chi connectivity index (χ0n) is 22.3. The van der Waals surface area contributed by atoms with Crippen LogP contribution in [-0.4, -0.2) is 36.6 Å². The predicted octanol–water partition coefficient (Wildman–Crippen LogP) is 5.22. The van der Waals surface area contributed by atoms with Crippen molar-refractivity contribution >= 4 is 27.2 Å². The van der Waals surface area contributed by atoms with Crippen LogP contribution in [-0.2, 0) is 32.6 Å². The number of amides is 1. The topological polar surface area (TPSA) is 101 Å². The summed E-state index contributed by atoms with van der Waals surface area (Å²) in [5.74, 6) is 3.10. The molecule has 0 saturated heterocycles. The van der Waals surface area contributed by atoms with E-state index in [1.807, 2.05) is 0 Å². The minimum absolute atomic E-state index is 0.0668. The Kier molecular flexibility index (Phi) is 7.28. The average Bonchev–Trinajstić information content (AvgIpc) is 3.63. The lowest BCUT2D eigenvalue weighted by Crippen LogP contribution is -2.44. The van der Waals surface area contributed by atoms with Gasteiger partial charge in [-0.05, 0) is 85.8 Å². The van der Waals surface area contributed by atoms with E-state index < -0.39 is 50.7 Å². The lowest BCUT2D eigenvalue weighted by atomic mass is 9.81. The summed E-state index contributed by atoms with van der Waals surface area (Å²) in [4.78, 5) is 25.3. The van der Waals surface area contributed by atoms with E-state index in [1.165, 1.54) is 49.4 Å². The van der Waals surface area contributed by atoms with Crippen molar-refractivity contribution < 1.29 is 40.7 Å². The molecule has 1 aliphatic heterocycles. The van der Waals surface area contributed by atoms with Crippen LogP contribution in [0, 0.1) is 17.7 Å². The molecule has 1 heterocycles. The van der Waals surface area contributed by atoms with Gasteiger partial charge in [-0.25, -0.2) is 12.8 Å². The second kappa shape index (κ2) is 10.4. The molecule has 2 N–H and O–H groups in total. The number of halogens is 4. The number of carbonyl (C=O) groups is 2. The van der Waals surface area contributed by atoms with Crippen LogP contribution in [0.15, 0.2) is 65.6 Å². The number of alkyl halides is 3. The Labute approximate surface area is 239 Å². The summed E-state index contributed by atoms with van der Waals surface area (Å²) < 4.78 is 79.5. The van der Waals surface area contributed by atoms with E-state index in [4.69, 9.17) is 0 Å². The van der Waals surface area contributed by atoms with Crippen molar-refractivity contribution in [3.63, 3.8) is 0 Å². The third-order valence-corrected chi connectivity index (χ3v) is 9.50. The molecule has 1 aliphatic carbocycles. The van der Waals surface area contributed by atoms with Crippen molar-refractivity contribution in [1.82, 2.24) is 0 Å². The normalized spacial score (nSPS) is 17.8. The molecule has 1 atom stereocenters. The summed E-state index contributed by atoms with van der Waals surface area (Å²) >= 11 is 0. The van der Waals surface area contributed by atoms with Gasteiger partial charge in [-0.15, -0.1) is 0 Å². The summed E-state index contributed by atoms with van der Waals surface area (Å²) in [6, 6.07) is 12.3. The van der Waals surface area contributed by atoms with Crippen molar-refractivity contribution in [3.8, 4) is 11.8 Å². The molecule has 0 aromatic heterocycles. The first kappa shape index (κ1) is 29.5. The van der Waals surface area contributed by atoms with E-state index in [1.54, 1.807) is 0 Å². The van der Waals surface area contributed by atoms with Gasteiger partial charge in [-0.2, -0.15) is 13.2 Å². The van der Waals surface area contributed by atoms with Crippen LogP contribution in [0.2, 0.25) is 0 Å². The maximum Gasteiger partial charge on any atom is 0.416 e. The highest BCUT2D eigenvalue weighted by molar-refractivity contribution is 7.91. The zero-order chi connectivity index (χ0) is 30.5. The number of ketones is 1. The van der Waals surface area contributed by atoms with Crippen LogP contribution >= 0.6 is 0 Å². The van der Waals surface area contributed by atoms with E-state index in [-0.39, 0.29) is 46.9 Å². The fraction of sp³-hybridized carbons (Fsp3) is 0.290. The molecule has 11 heteroatoms. The third kappa shape index (κ3) is 5.82. The molecule has 5 rings (SSSR count). The van der Waals surface area contributed by atoms with Crippen LogP contribution in [0.5, 0.6) is 0 Å². The quantitative estimate of drug-likeness (QED) is 0.230. The van der Waals surface area contributed by atoms with Crippen LogP contribution in [0.4, 0.5) is 23.2 Å². The van der Waals surface area contributed by atoms with Crippen LogP contribution < -0.4 is 5.32 Å². The largest absolute Gasteiger partial charge is 0.416 e. The highest BCUT2D eigenvalue weighted by atomic mass is 32.2. The molecule has 218 valence electrons. The summed E-state index contributed by atoms with van der Waals surface area (Å²) in [7, 11) is -3.41. The van der Waals surface area contributed by atoms with E-state index in [0.29, 0.717) is 28.8 Å². The van der Waals surface area contributed by atoms with Gasteiger partial charge in [-0.1, -0.05) is 24.0 Å². The average molecular weight is 600 g/mol. The Bertz CT molecular complexity index is 1770. The molecule has 2 aliphatic rings. The molecule has 1 amide bonds. The van der Waals surface area contributed by atoms with Crippen molar-refractivity contribution in [2.45, 2.75) is 54.7 Å². The highest BCUT2D eigenvalue weighted by Gasteiger charge is 2.54. The zero-order valence-corrected chi connectivity index (χ0v) is 23.1. The number of Topliss-reactive ketones (excluding diaryl/α,β-unsaturated/α-hetero) is 1. The van der Waals surface area contributed by atoms with E-state index in [0.717, 1.165) is 6.07 Å². The number of fused-ring (bicyclic) bond motifs is 1. The lowest BCUT2D eigenvalue weighted by molar-refractivity contribution is -0.137. The monoisotopic (exact) mass is 599 g/mol. The first-order valence-electron chi connectivity index (χ1n) is 13.0. The minimum atomic E-state index is -4.72. The molecule has 0 bridgehead atoms. The van der Waals surface area contributed by atoms with Gasteiger partial charge in [0.1, 0.15) is 5.82 Å². The second-order valence-corrected chi connectivity index (χ2v) is 12.8. The summed E-state index contributed by atoms with van der Waals surface area (Å²) in [5, 5.41) is 14.2. The number of rotatable bonds is 6. The molecule has 3 aromatic carbocycles. The predicted molar refractivity (Wildman–Crippen MR) is 146 cm³/mol. The molecule has 6 nitrogen and oxygen atoms in total. The molecule has 1 unspecified atom stereocenters. The maximum absolute atomic E-state index is 14.9. The first-order chi connectivity index (χ1) is 19.6. The number of aryl methyl sites for hydroxylation is 1. The van der Waals surface area contributed by atoms with Gasteiger partial charge >= 0.3 is 6.18 Å². The van der Waals surface area contributed by atoms with Gasteiger partial charge in [0.25, 0.3) is 5.91 Å². The standard InChI is InChI=1S/C31H25F4NO5S/c1-19(37)21-4-2-20(3-5-21)10-12-30(39,28(38)36-24-7-9-27-22(16-24)11-15-42(27,40)41)18-29(13-14-29)25-17-23(31(33,34)35)6-8-26(25)32/h2-9,16-17,39H,11,13-15,18H2,1H3,(H,36,38). The van der Waals surface area contributed by atoms with Crippen LogP contribution in [0.1, 0.15) is 58.8 Å². The van der Waals surface area contributed by atoms with E-state index in [9.17, 15) is 40.7 Å².